The van der Waals surface area contributed by atoms with E-state index in [1.165, 1.54) is 4.88 Å². The second-order valence-electron chi connectivity index (χ2n) is 4.23. The molecule has 1 aromatic heterocycles. The lowest BCUT2D eigenvalue weighted by Crippen LogP contribution is -2.27. The third kappa shape index (κ3) is 4.77. The minimum Gasteiger partial charge on any atom is -0.355 e. The topological polar surface area (TPSA) is 29.1 Å². The summed E-state index contributed by atoms with van der Waals surface area (Å²) in [4.78, 5) is 13.1. The van der Waals surface area contributed by atoms with Gasteiger partial charge in [-0.1, -0.05) is 29.3 Å². The van der Waals surface area contributed by atoms with Gasteiger partial charge in [-0.15, -0.1) is 11.3 Å². The van der Waals surface area contributed by atoms with Crippen molar-refractivity contribution in [2.45, 2.75) is 12.8 Å². The zero-order chi connectivity index (χ0) is 14.5. The number of benzene rings is 1. The molecule has 0 aliphatic rings. The van der Waals surface area contributed by atoms with E-state index in [0.717, 1.165) is 15.8 Å². The van der Waals surface area contributed by atoms with Crippen molar-refractivity contribution in [3.63, 3.8) is 0 Å². The fourth-order valence-corrected chi connectivity index (χ4v) is 3.51. The van der Waals surface area contributed by atoms with Crippen molar-refractivity contribution in [3.8, 4) is 0 Å². The molecule has 0 radical (unpaired) electrons. The van der Waals surface area contributed by atoms with E-state index in [-0.39, 0.29) is 5.91 Å². The highest BCUT2D eigenvalue weighted by atomic mass is 79.9. The monoisotopic (exact) mass is 391 g/mol. The van der Waals surface area contributed by atoms with Crippen LogP contribution in [-0.2, 0) is 17.6 Å². The third-order valence-electron chi connectivity index (χ3n) is 2.67. The van der Waals surface area contributed by atoms with Crippen LogP contribution in [0.15, 0.2) is 34.1 Å². The number of carbonyl (C=O) groups is 1. The Hall–Kier alpha value is -0.550. The van der Waals surface area contributed by atoms with Crippen molar-refractivity contribution in [2.24, 2.45) is 0 Å². The lowest BCUT2D eigenvalue weighted by Gasteiger charge is -2.05. The van der Waals surface area contributed by atoms with Gasteiger partial charge >= 0.3 is 0 Å². The molecular weight excluding hydrogens is 381 g/mol. The largest absolute Gasteiger partial charge is 0.355 e. The summed E-state index contributed by atoms with van der Waals surface area (Å²) >= 11 is 16.9. The van der Waals surface area contributed by atoms with Gasteiger partial charge in [-0.05, 0) is 52.2 Å². The molecule has 2 nitrogen and oxygen atoms in total. The molecule has 0 aliphatic carbocycles. The molecule has 1 amide bonds. The van der Waals surface area contributed by atoms with Crippen LogP contribution in [0.25, 0.3) is 0 Å². The first-order chi connectivity index (χ1) is 9.54. The van der Waals surface area contributed by atoms with Crippen molar-refractivity contribution < 1.29 is 4.79 Å². The van der Waals surface area contributed by atoms with Gasteiger partial charge in [0.15, 0.2) is 0 Å². The highest BCUT2D eigenvalue weighted by Crippen LogP contribution is 2.23. The predicted molar refractivity (Wildman–Crippen MR) is 88.9 cm³/mol. The molecule has 1 heterocycles. The standard InChI is InChI=1S/C14H12BrCl2NOS/c15-13-4-2-10(20-13)5-6-18-14(19)8-9-1-3-11(16)12(17)7-9/h1-4,7H,5-6,8H2,(H,18,19). The average Bonchev–Trinajstić information content (AvgIpc) is 2.80. The predicted octanol–water partition coefficient (Wildman–Crippen LogP) is 4.72. The SMILES string of the molecule is O=C(Cc1ccc(Cl)c(Cl)c1)NCCc1ccc(Br)s1. The summed E-state index contributed by atoms with van der Waals surface area (Å²) in [5, 5.41) is 3.87. The molecule has 0 bridgehead atoms. The van der Waals surface area contributed by atoms with Crippen LogP contribution in [0.2, 0.25) is 10.0 Å². The molecule has 0 fully saturated rings. The number of halogens is 3. The first-order valence-electron chi connectivity index (χ1n) is 5.99. The lowest BCUT2D eigenvalue weighted by molar-refractivity contribution is -0.120. The van der Waals surface area contributed by atoms with Gasteiger partial charge in [0.1, 0.15) is 0 Å². The van der Waals surface area contributed by atoms with E-state index >= 15 is 0 Å². The van der Waals surface area contributed by atoms with Crippen molar-refractivity contribution >= 4 is 56.4 Å². The molecule has 2 rings (SSSR count). The van der Waals surface area contributed by atoms with E-state index in [4.69, 9.17) is 23.2 Å². The lowest BCUT2D eigenvalue weighted by atomic mass is 10.1. The maximum absolute atomic E-state index is 11.8. The molecule has 0 aliphatic heterocycles. The Morgan fingerprint density at radius 2 is 2.00 bits per heavy atom. The number of thiophene rings is 1. The average molecular weight is 393 g/mol. The second kappa shape index (κ2) is 7.46. The summed E-state index contributed by atoms with van der Waals surface area (Å²) in [6, 6.07) is 9.30. The van der Waals surface area contributed by atoms with Crippen LogP contribution in [0.5, 0.6) is 0 Å². The minimum atomic E-state index is -0.0148. The molecule has 1 aromatic carbocycles. The van der Waals surface area contributed by atoms with Gasteiger partial charge < -0.3 is 5.32 Å². The Morgan fingerprint density at radius 3 is 2.65 bits per heavy atom. The summed E-state index contributed by atoms with van der Waals surface area (Å²) in [6.45, 7) is 0.632. The highest BCUT2D eigenvalue weighted by molar-refractivity contribution is 9.11. The zero-order valence-corrected chi connectivity index (χ0v) is 14.4. The van der Waals surface area contributed by atoms with Gasteiger partial charge in [0.05, 0.1) is 20.3 Å². The molecule has 0 unspecified atom stereocenters. The summed E-state index contributed by atoms with van der Waals surface area (Å²) in [7, 11) is 0. The minimum absolute atomic E-state index is 0.0148. The van der Waals surface area contributed by atoms with Crippen LogP contribution in [0.1, 0.15) is 10.4 Å². The molecule has 6 heteroatoms. The summed E-state index contributed by atoms with van der Waals surface area (Å²) in [5.41, 5.74) is 0.857. The Balaban J connectivity index is 1.79. The zero-order valence-electron chi connectivity index (χ0n) is 10.5. The number of hydrogen-bond donors (Lipinski definition) is 1. The maximum Gasteiger partial charge on any atom is 0.224 e. The summed E-state index contributed by atoms with van der Waals surface area (Å²) in [6.07, 6.45) is 1.15. The van der Waals surface area contributed by atoms with Crippen LogP contribution in [0.4, 0.5) is 0 Å². The van der Waals surface area contributed by atoms with Gasteiger partial charge in [-0.25, -0.2) is 0 Å². The van der Waals surface area contributed by atoms with Crippen molar-refractivity contribution in [2.75, 3.05) is 6.54 Å². The van der Waals surface area contributed by atoms with Crippen LogP contribution in [-0.4, -0.2) is 12.5 Å². The van der Waals surface area contributed by atoms with Crippen molar-refractivity contribution in [3.05, 3.63) is 54.6 Å². The van der Waals surface area contributed by atoms with Gasteiger partial charge in [-0.2, -0.15) is 0 Å². The second-order valence-corrected chi connectivity index (χ2v) is 7.59. The highest BCUT2D eigenvalue weighted by Gasteiger charge is 2.06. The van der Waals surface area contributed by atoms with E-state index in [1.807, 2.05) is 12.1 Å². The van der Waals surface area contributed by atoms with E-state index < -0.39 is 0 Å². The van der Waals surface area contributed by atoms with E-state index in [9.17, 15) is 4.79 Å². The molecule has 1 N–H and O–H groups in total. The number of rotatable bonds is 5. The molecule has 2 aromatic rings. The smallest absolute Gasteiger partial charge is 0.224 e. The fraction of sp³-hybridized carbons (Fsp3) is 0.214. The van der Waals surface area contributed by atoms with Crippen LogP contribution in [0.3, 0.4) is 0 Å². The Bertz CT molecular complexity index is 615. The van der Waals surface area contributed by atoms with Crippen LogP contribution >= 0.6 is 50.5 Å². The number of carbonyl (C=O) groups excluding carboxylic acids is 1. The molecule has 106 valence electrons. The van der Waals surface area contributed by atoms with E-state index in [0.29, 0.717) is 23.0 Å². The van der Waals surface area contributed by atoms with Crippen LogP contribution in [0, 0.1) is 0 Å². The summed E-state index contributed by atoms with van der Waals surface area (Å²) in [5.74, 6) is -0.0148. The first-order valence-corrected chi connectivity index (χ1v) is 8.36. The first kappa shape index (κ1) is 15.8. The van der Waals surface area contributed by atoms with Crippen molar-refractivity contribution in [1.82, 2.24) is 5.32 Å². The van der Waals surface area contributed by atoms with Gasteiger partial charge in [0.2, 0.25) is 5.91 Å². The Morgan fingerprint density at radius 1 is 1.20 bits per heavy atom. The number of amides is 1. The van der Waals surface area contributed by atoms with E-state index in [2.05, 4.69) is 27.3 Å². The van der Waals surface area contributed by atoms with E-state index in [1.54, 1.807) is 23.5 Å². The molecular formula is C14H12BrCl2NOS. The summed E-state index contributed by atoms with van der Waals surface area (Å²) < 4.78 is 1.11. The van der Waals surface area contributed by atoms with Gasteiger partial charge in [0.25, 0.3) is 0 Å². The molecule has 0 saturated heterocycles. The normalized spacial score (nSPS) is 10.6. The fourth-order valence-electron chi connectivity index (χ4n) is 1.71. The molecule has 20 heavy (non-hydrogen) atoms. The van der Waals surface area contributed by atoms with Crippen LogP contribution < -0.4 is 5.32 Å². The maximum atomic E-state index is 11.8. The molecule has 0 atom stereocenters. The van der Waals surface area contributed by atoms with Gasteiger partial charge in [-0.3, -0.25) is 4.79 Å². The quantitative estimate of drug-likeness (QED) is 0.783. The van der Waals surface area contributed by atoms with Crippen molar-refractivity contribution in [1.29, 1.82) is 0 Å². The third-order valence-corrected chi connectivity index (χ3v) is 5.09. The molecule has 0 saturated carbocycles. The van der Waals surface area contributed by atoms with Gasteiger partial charge in [0, 0.05) is 11.4 Å². The number of hydrogen-bond acceptors (Lipinski definition) is 2. The molecule has 0 spiro atoms. The Kier molecular flexibility index (Phi) is 5.90. The number of nitrogens with one attached hydrogen (secondary N) is 1. The Labute approximate surface area is 140 Å².